The zero-order valence-corrected chi connectivity index (χ0v) is 11.4. The van der Waals surface area contributed by atoms with Crippen molar-refractivity contribution in [3.8, 4) is 0 Å². The maximum absolute atomic E-state index is 12.3. The first kappa shape index (κ1) is 13.1. The first-order valence-electron chi connectivity index (χ1n) is 6.43. The number of rotatable bonds is 3. The molecule has 6 heteroatoms. The van der Waals surface area contributed by atoms with Gasteiger partial charge in [-0.25, -0.2) is 4.68 Å². The standard InChI is InChI=1S/C15H13N3O3/c1-17-7-6-10(8-17)13(19)9-18-15(21)12-5-3-2-4-11(12)14(20)16-18/h2-8H,9H2,1H3,(H,16,20). The van der Waals surface area contributed by atoms with Crippen LogP contribution < -0.4 is 11.1 Å². The summed E-state index contributed by atoms with van der Waals surface area (Å²) in [6, 6.07) is 8.21. The zero-order chi connectivity index (χ0) is 15.0. The second-order valence-corrected chi connectivity index (χ2v) is 4.87. The van der Waals surface area contributed by atoms with Crippen LogP contribution in [0.15, 0.2) is 52.3 Å². The van der Waals surface area contributed by atoms with E-state index in [1.54, 1.807) is 54.3 Å². The Morgan fingerprint density at radius 3 is 2.52 bits per heavy atom. The van der Waals surface area contributed by atoms with Crippen molar-refractivity contribution >= 4 is 16.6 Å². The Bertz CT molecular complexity index is 946. The van der Waals surface area contributed by atoms with Crippen LogP contribution in [0.3, 0.4) is 0 Å². The van der Waals surface area contributed by atoms with Gasteiger partial charge in [0.1, 0.15) is 6.54 Å². The lowest BCUT2D eigenvalue weighted by molar-refractivity contribution is 0.0965. The molecule has 0 saturated heterocycles. The average Bonchev–Trinajstić information content (AvgIpc) is 2.91. The molecule has 0 fully saturated rings. The van der Waals surface area contributed by atoms with E-state index in [-0.39, 0.29) is 23.4 Å². The molecule has 3 rings (SSSR count). The fourth-order valence-corrected chi connectivity index (χ4v) is 2.26. The van der Waals surface area contributed by atoms with Gasteiger partial charge in [-0.1, -0.05) is 12.1 Å². The molecule has 0 spiro atoms. The maximum Gasteiger partial charge on any atom is 0.273 e. The summed E-state index contributed by atoms with van der Waals surface area (Å²) in [6.07, 6.45) is 3.42. The van der Waals surface area contributed by atoms with E-state index in [0.717, 1.165) is 4.68 Å². The van der Waals surface area contributed by atoms with E-state index in [9.17, 15) is 14.4 Å². The summed E-state index contributed by atoms with van der Waals surface area (Å²) in [5, 5.41) is 3.08. The number of benzene rings is 1. The lowest BCUT2D eigenvalue weighted by Gasteiger charge is -2.05. The Kier molecular flexibility index (Phi) is 3.06. The molecule has 0 bridgehead atoms. The Balaban J connectivity index is 2.06. The Labute approximate surface area is 119 Å². The van der Waals surface area contributed by atoms with Gasteiger partial charge in [0.25, 0.3) is 11.1 Å². The number of aromatic nitrogens is 3. The van der Waals surface area contributed by atoms with Crippen molar-refractivity contribution in [2.24, 2.45) is 7.05 Å². The van der Waals surface area contributed by atoms with Crippen molar-refractivity contribution in [2.45, 2.75) is 6.54 Å². The fraction of sp³-hybridized carbons (Fsp3) is 0.133. The van der Waals surface area contributed by atoms with Crippen LogP contribution >= 0.6 is 0 Å². The van der Waals surface area contributed by atoms with Gasteiger partial charge in [-0.15, -0.1) is 0 Å². The van der Waals surface area contributed by atoms with Crippen molar-refractivity contribution in [2.75, 3.05) is 0 Å². The SMILES string of the molecule is Cn1ccc(C(=O)Cn2[nH]c(=O)c3ccccc3c2=O)c1. The molecule has 0 radical (unpaired) electrons. The van der Waals surface area contributed by atoms with Gasteiger partial charge < -0.3 is 4.57 Å². The number of hydrogen-bond donors (Lipinski definition) is 1. The van der Waals surface area contributed by atoms with Crippen molar-refractivity contribution in [1.29, 1.82) is 0 Å². The molecule has 21 heavy (non-hydrogen) atoms. The molecule has 3 aromatic rings. The lowest BCUT2D eigenvalue weighted by Crippen LogP contribution is -2.32. The van der Waals surface area contributed by atoms with Gasteiger partial charge in [-0.3, -0.25) is 19.5 Å². The van der Waals surface area contributed by atoms with Crippen molar-refractivity contribution in [1.82, 2.24) is 14.3 Å². The molecule has 0 aliphatic carbocycles. The second-order valence-electron chi connectivity index (χ2n) is 4.87. The van der Waals surface area contributed by atoms with Crippen LogP contribution in [0.5, 0.6) is 0 Å². The molecule has 2 aromatic heterocycles. The monoisotopic (exact) mass is 283 g/mol. The molecule has 0 unspecified atom stereocenters. The number of hydrogen-bond acceptors (Lipinski definition) is 3. The molecule has 1 N–H and O–H groups in total. The van der Waals surface area contributed by atoms with Crippen molar-refractivity contribution in [3.05, 3.63) is 69.0 Å². The topological polar surface area (TPSA) is 76.9 Å². The van der Waals surface area contributed by atoms with Crippen molar-refractivity contribution in [3.63, 3.8) is 0 Å². The summed E-state index contributed by atoms with van der Waals surface area (Å²) in [5.74, 6) is -0.233. The van der Waals surface area contributed by atoms with Crippen LogP contribution in [0, 0.1) is 0 Å². The lowest BCUT2D eigenvalue weighted by atomic mass is 10.2. The third kappa shape index (κ3) is 2.31. The Morgan fingerprint density at radius 2 is 1.86 bits per heavy atom. The first-order chi connectivity index (χ1) is 10.1. The quantitative estimate of drug-likeness (QED) is 0.726. The Morgan fingerprint density at radius 1 is 1.14 bits per heavy atom. The highest BCUT2D eigenvalue weighted by Gasteiger charge is 2.12. The maximum atomic E-state index is 12.3. The fourth-order valence-electron chi connectivity index (χ4n) is 2.26. The molecular formula is C15H13N3O3. The first-order valence-corrected chi connectivity index (χ1v) is 6.43. The van der Waals surface area contributed by atoms with Crippen molar-refractivity contribution < 1.29 is 4.79 Å². The number of Topliss-reactive ketones (excluding diaryl/α,β-unsaturated/α-hetero) is 1. The number of carbonyl (C=O) groups is 1. The molecule has 106 valence electrons. The van der Waals surface area contributed by atoms with Crippen LogP contribution in [-0.4, -0.2) is 20.1 Å². The van der Waals surface area contributed by atoms with Gasteiger partial charge in [-0.2, -0.15) is 0 Å². The smallest absolute Gasteiger partial charge is 0.273 e. The van der Waals surface area contributed by atoms with Crippen LogP contribution in [-0.2, 0) is 13.6 Å². The van der Waals surface area contributed by atoms with E-state index < -0.39 is 0 Å². The van der Waals surface area contributed by atoms with Gasteiger partial charge in [0, 0.05) is 25.0 Å². The minimum absolute atomic E-state index is 0.192. The van der Waals surface area contributed by atoms with E-state index in [2.05, 4.69) is 5.10 Å². The molecule has 1 aromatic carbocycles. The van der Waals surface area contributed by atoms with Crippen LogP contribution in [0.1, 0.15) is 10.4 Å². The highest BCUT2D eigenvalue weighted by atomic mass is 16.2. The van der Waals surface area contributed by atoms with Crippen LogP contribution in [0.4, 0.5) is 0 Å². The predicted octanol–water partition coefficient (Wildman–Crippen LogP) is 0.911. The number of aryl methyl sites for hydroxylation is 1. The van der Waals surface area contributed by atoms with E-state index in [1.165, 1.54) is 0 Å². The van der Waals surface area contributed by atoms with E-state index >= 15 is 0 Å². The molecule has 6 nitrogen and oxygen atoms in total. The third-order valence-electron chi connectivity index (χ3n) is 3.34. The van der Waals surface area contributed by atoms with Gasteiger partial charge >= 0.3 is 0 Å². The second kappa shape index (κ2) is 4.90. The number of fused-ring (bicyclic) bond motifs is 1. The van der Waals surface area contributed by atoms with Crippen LogP contribution in [0.25, 0.3) is 10.8 Å². The Hall–Kier alpha value is -2.89. The number of nitrogens with zero attached hydrogens (tertiary/aromatic N) is 2. The summed E-state index contributed by atoms with van der Waals surface area (Å²) in [4.78, 5) is 36.4. The van der Waals surface area contributed by atoms with Gasteiger partial charge in [0.05, 0.1) is 10.8 Å². The minimum atomic E-state index is -0.383. The number of carbonyl (C=O) groups excluding carboxylic acids is 1. The number of ketones is 1. The largest absolute Gasteiger partial charge is 0.357 e. The molecule has 0 saturated carbocycles. The molecule has 0 atom stereocenters. The average molecular weight is 283 g/mol. The molecule has 0 aliphatic heterocycles. The summed E-state index contributed by atoms with van der Waals surface area (Å²) < 4.78 is 2.80. The highest BCUT2D eigenvalue weighted by Crippen LogP contribution is 2.04. The number of nitrogens with one attached hydrogen (secondary N) is 1. The van der Waals surface area contributed by atoms with Crippen LogP contribution in [0.2, 0.25) is 0 Å². The zero-order valence-electron chi connectivity index (χ0n) is 11.4. The molecule has 0 amide bonds. The normalized spacial score (nSPS) is 10.9. The number of H-pyrrole nitrogens is 1. The van der Waals surface area contributed by atoms with Gasteiger partial charge in [0.15, 0.2) is 5.78 Å². The summed E-state index contributed by atoms with van der Waals surface area (Å²) in [5.41, 5.74) is -0.265. The van der Waals surface area contributed by atoms with E-state index in [0.29, 0.717) is 16.3 Å². The van der Waals surface area contributed by atoms with Gasteiger partial charge in [0.2, 0.25) is 0 Å². The number of aromatic amines is 1. The molecular weight excluding hydrogens is 270 g/mol. The molecule has 0 aliphatic rings. The van der Waals surface area contributed by atoms with E-state index in [1.807, 2.05) is 0 Å². The van der Waals surface area contributed by atoms with Gasteiger partial charge in [-0.05, 0) is 18.2 Å². The highest BCUT2D eigenvalue weighted by molar-refractivity contribution is 5.95. The van der Waals surface area contributed by atoms with E-state index in [4.69, 9.17) is 0 Å². The minimum Gasteiger partial charge on any atom is -0.357 e. The molecule has 2 heterocycles. The summed E-state index contributed by atoms with van der Waals surface area (Å²) >= 11 is 0. The predicted molar refractivity (Wildman–Crippen MR) is 78.6 cm³/mol. The summed E-state index contributed by atoms with van der Waals surface area (Å²) in [7, 11) is 1.81. The third-order valence-corrected chi connectivity index (χ3v) is 3.34. The summed E-state index contributed by atoms with van der Waals surface area (Å²) in [6.45, 7) is -0.192.